The van der Waals surface area contributed by atoms with Crippen LogP contribution < -0.4 is 10.6 Å². The van der Waals surface area contributed by atoms with Crippen LogP contribution in [0.3, 0.4) is 0 Å². The third kappa shape index (κ3) is 3.62. The molecule has 120 valence electrons. The average Bonchev–Trinajstić information content (AvgIpc) is 2.57. The lowest BCUT2D eigenvalue weighted by atomic mass is 10.1. The van der Waals surface area contributed by atoms with Gasteiger partial charge in [0.1, 0.15) is 11.9 Å². The number of nitrogen functional groups attached to an aromatic ring is 1. The van der Waals surface area contributed by atoms with Gasteiger partial charge < -0.3 is 15.4 Å². The van der Waals surface area contributed by atoms with Gasteiger partial charge in [0, 0.05) is 25.9 Å². The predicted molar refractivity (Wildman–Crippen MR) is 90.5 cm³/mol. The molecule has 0 radical (unpaired) electrons. The molecule has 0 bridgehead atoms. The summed E-state index contributed by atoms with van der Waals surface area (Å²) in [5.41, 5.74) is 8.11. The molecule has 2 N–H and O–H groups in total. The number of aromatic nitrogens is 1. The topological polar surface area (TPSA) is 68.4 Å². The van der Waals surface area contributed by atoms with E-state index in [9.17, 15) is 4.79 Å². The van der Waals surface area contributed by atoms with Crippen LogP contribution in [-0.2, 0) is 4.74 Å². The standard InChI is InChI=1S/C18H21N3O2/c1-13-11-15(19)12-20-17(13)21-9-7-16(8-10-21)23-18(22)14-5-3-2-4-6-14/h2-6,11-12,16H,7-10,19H2,1H3. The first kappa shape index (κ1) is 15.3. The van der Waals surface area contributed by atoms with E-state index in [1.165, 1.54) is 0 Å². The minimum Gasteiger partial charge on any atom is -0.459 e. The van der Waals surface area contributed by atoms with Gasteiger partial charge in [-0.05, 0) is 30.7 Å². The second-order valence-electron chi connectivity index (χ2n) is 5.87. The molecule has 0 atom stereocenters. The van der Waals surface area contributed by atoms with E-state index < -0.39 is 0 Å². The zero-order valence-electron chi connectivity index (χ0n) is 13.2. The van der Waals surface area contributed by atoms with Gasteiger partial charge in [0.05, 0.1) is 17.4 Å². The van der Waals surface area contributed by atoms with Crippen molar-refractivity contribution in [2.45, 2.75) is 25.9 Å². The number of nitrogens with zero attached hydrogens (tertiary/aromatic N) is 2. The van der Waals surface area contributed by atoms with E-state index in [0.717, 1.165) is 37.3 Å². The zero-order valence-corrected chi connectivity index (χ0v) is 13.2. The number of carbonyl (C=O) groups excluding carboxylic acids is 1. The van der Waals surface area contributed by atoms with E-state index >= 15 is 0 Å². The van der Waals surface area contributed by atoms with Crippen LogP contribution in [-0.4, -0.2) is 30.1 Å². The summed E-state index contributed by atoms with van der Waals surface area (Å²) in [5.74, 6) is 0.720. The fraction of sp³-hybridized carbons (Fsp3) is 0.333. The molecule has 1 aliphatic heterocycles. The normalized spacial score (nSPS) is 15.4. The summed E-state index contributed by atoms with van der Waals surface area (Å²) >= 11 is 0. The highest BCUT2D eigenvalue weighted by atomic mass is 16.5. The van der Waals surface area contributed by atoms with Crippen LogP contribution >= 0.6 is 0 Å². The molecule has 1 aromatic carbocycles. The smallest absolute Gasteiger partial charge is 0.338 e. The van der Waals surface area contributed by atoms with Gasteiger partial charge in [-0.3, -0.25) is 0 Å². The second-order valence-corrected chi connectivity index (χ2v) is 5.87. The van der Waals surface area contributed by atoms with E-state index in [1.54, 1.807) is 18.3 Å². The van der Waals surface area contributed by atoms with Gasteiger partial charge in [-0.15, -0.1) is 0 Å². The SMILES string of the molecule is Cc1cc(N)cnc1N1CCC(OC(=O)c2ccccc2)CC1. The Morgan fingerprint density at radius 2 is 1.96 bits per heavy atom. The van der Waals surface area contributed by atoms with Crippen LogP contribution in [0.25, 0.3) is 0 Å². The van der Waals surface area contributed by atoms with Gasteiger partial charge >= 0.3 is 5.97 Å². The molecular formula is C18H21N3O2. The minimum absolute atomic E-state index is 0.0342. The van der Waals surface area contributed by atoms with Crippen LogP contribution in [0.15, 0.2) is 42.6 Å². The highest BCUT2D eigenvalue weighted by Crippen LogP contribution is 2.24. The number of hydrogen-bond donors (Lipinski definition) is 1. The molecule has 5 nitrogen and oxygen atoms in total. The minimum atomic E-state index is -0.245. The van der Waals surface area contributed by atoms with Crippen LogP contribution in [0.5, 0.6) is 0 Å². The first-order valence-electron chi connectivity index (χ1n) is 7.86. The fourth-order valence-corrected chi connectivity index (χ4v) is 2.90. The molecule has 1 saturated heterocycles. The first-order valence-corrected chi connectivity index (χ1v) is 7.86. The third-order valence-corrected chi connectivity index (χ3v) is 4.10. The Balaban J connectivity index is 1.57. The summed E-state index contributed by atoms with van der Waals surface area (Å²) in [5, 5.41) is 0. The second kappa shape index (κ2) is 6.69. The monoisotopic (exact) mass is 311 g/mol. The maximum atomic E-state index is 12.1. The van der Waals surface area contributed by atoms with Gasteiger partial charge in [0.25, 0.3) is 0 Å². The van der Waals surface area contributed by atoms with Crippen molar-refractivity contribution in [1.29, 1.82) is 0 Å². The summed E-state index contributed by atoms with van der Waals surface area (Å²) < 4.78 is 5.60. The number of esters is 1. The number of anilines is 2. The van der Waals surface area contributed by atoms with Crippen molar-refractivity contribution in [2.75, 3.05) is 23.7 Å². The van der Waals surface area contributed by atoms with Crippen molar-refractivity contribution in [3.8, 4) is 0 Å². The zero-order chi connectivity index (χ0) is 16.2. The summed E-state index contributed by atoms with van der Waals surface area (Å²) in [6.45, 7) is 3.66. The highest BCUT2D eigenvalue weighted by Gasteiger charge is 2.24. The Bertz CT molecular complexity index is 680. The van der Waals surface area contributed by atoms with E-state index in [2.05, 4.69) is 9.88 Å². The number of ether oxygens (including phenoxy) is 1. The van der Waals surface area contributed by atoms with Gasteiger partial charge in [-0.1, -0.05) is 18.2 Å². The van der Waals surface area contributed by atoms with Gasteiger partial charge in [0.2, 0.25) is 0 Å². The number of aryl methyl sites for hydroxylation is 1. The van der Waals surface area contributed by atoms with E-state index in [4.69, 9.17) is 10.5 Å². The fourth-order valence-electron chi connectivity index (χ4n) is 2.90. The highest BCUT2D eigenvalue weighted by molar-refractivity contribution is 5.89. The van der Waals surface area contributed by atoms with Gasteiger partial charge in [0.15, 0.2) is 0 Å². The largest absolute Gasteiger partial charge is 0.459 e. The Morgan fingerprint density at radius 1 is 1.26 bits per heavy atom. The van der Waals surface area contributed by atoms with Crippen LogP contribution in [0.1, 0.15) is 28.8 Å². The van der Waals surface area contributed by atoms with Crippen molar-refractivity contribution in [3.63, 3.8) is 0 Å². The number of piperidine rings is 1. The van der Waals surface area contributed by atoms with Crippen molar-refractivity contribution < 1.29 is 9.53 Å². The Morgan fingerprint density at radius 3 is 2.61 bits per heavy atom. The molecule has 2 heterocycles. The van der Waals surface area contributed by atoms with Gasteiger partial charge in [-0.2, -0.15) is 0 Å². The number of hydrogen-bond acceptors (Lipinski definition) is 5. The van der Waals surface area contributed by atoms with E-state index in [1.807, 2.05) is 31.2 Å². The molecule has 0 unspecified atom stereocenters. The van der Waals surface area contributed by atoms with Crippen LogP contribution in [0, 0.1) is 6.92 Å². The number of carbonyl (C=O) groups is 1. The molecule has 0 amide bonds. The maximum absolute atomic E-state index is 12.1. The molecular weight excluding hydrogens is 290 g/mol. The summed E-state index contributed by atoms with van der Waals surface area (Å²) in [6, 6.07) is 11.1. The van der Waals surface area contributed by atoms with Crippen molar-refractivity contribution in [3.05, 3.63) is 53.7 Å². The number of nitrogens with two attached hydrogens (primary N) is 1. The third-order valence-electron chi connectivity index (χ3n) is 4.10. The lowest BCUT2D eigenvalue weighted by Gasteiger charge is -2.33. The van der Waals surface area contributed by atoms with Crippen LogP contribution in [0.4, 0.5) is 11.5 Å². The van der Waals surface area contributed by atoms with Gasteiger partial charge in [-0.25, -0.2) is 9.78 Å². The molecule has 0 aliphatic carbocycles. The number of pyridine rings is 1. The molecule has 3 rings (SSSR count). The first-order chi connectivity index (χ1) is 11.1. The average molecular weight is 311 g/mol. The quantitative estimate of drug-likeness (QED) is 0.883. The summed E-state index contributed by atoms with van der Waals surface area (Å²) in [4.78, 5) is 18.7. The van der Waals surface area contributed by atoms with Crippen molar-refractivity contribution >= 4 is 17.5 Å². The van der Waals surface area contributed by atoms with Crippen LogP contribution in [0.2, 0.25) is 0 Å². The van der Waals surface area contributed by atoms with Crippen molar-refractivity contribution in [2.24, 2.45) is 0 Å². The Labute approximate surface area is 136 Å². The molecule has 0 spiro atoms. The Hall–Kier alpha value is -2.56. The molecule has 0 saturated carbocycles. The number of benzene rings is 1. The number of rotatable bonds is 3. The summed E-state index contributed by atoms with van der Waals surface area (Å²) in [6.07, 6.45) is 3.27. The molecule has 5 heteroatoms. The molecule has 1 fully saturated rings. The lowest BCUT2D eigenvalue weighted by molar-refractivity contribution is 0.0244. The predicted octanol–water partition coefficient (Wildman–Crippen LogP) is 2.80. The Kier molecular flexibility index (Phi) is 4.46. The van der Waals surface area contributed by atoms with Crippen molar-refractivity contribution in [1.82, 2.24) is 4.98 Å². The van der Waals surface area contributed by atoms with E-state index in [-0.39, 0.29) is 12.1 Å². The lowest BCUT2D eigenvalue weighted by Crippen LogP contribution is -2.38. The molecule has 1 aromatic heterocycles. The molecule has 1 aliphatic rings. The van der Waals surface area contributed by atoms with E-state index in [0.29, 0.717) is 11.3 Å². The summed E-state index contributed by atoms with van der Waals surface area (Å²) in [7, 11) is 0. The molecule has 23 heavy (non-hydrogen) atoms. The maximum Gasteiger partial charge on any atom is 0.338 e. The molecule has 2 aromatic rings.